The molecule has 2 heteroatoms. The van der Waals surface area contributed by atoms with E-state index in [1.165, 1.54) is 22.8 Å². The first-order valence-corrected chi connectivity index (χ1v) is 10.8. The number of benzene rings is 1. The van der Waals surface area contributed by atoms with E-state index in [1.54, 1.807) is 3.58 Å². The van der Waals surface area contributed by atoms with Crippen LogP contribution in [0.5, 0.6) is 0 Å². The Morgan fingerprint density at radius 1 is 1.36 bits per heavy atom. The molecule has 0 aromatic heterocycles. The van der Waals surface area contributed by atoms with Gasteiger partial charge in [0.25, 0.3) is 0 Å². The van der Waals surface area contributed by atoms with Crippen molar-refractivity contribution in [1.29, 1.82) is 0 Å². The topological polar surface area (TPSA) is 0 Å². The molecule has 0 aliphatic carbocycles. The summed E-state index contributed by atoms with van der Waals surface area (Å²) in [5.41, 5.74) is 1.39. The molecule has 1 unspecified atom stereocenters. The second kappa shape index (κ2) is 6.73. The van der Waals surface area contributed by atoms with Crippen LogP contribution in [0.15, 0.2) is 24.3 Å². The first-order chi connectivity index (χ1) is 6.75. The summed E-state index contributed by atoms with van der Waals surface area (Å²) in [5, 5.41) is 0.185. The molecule has 1 atom stereocenters. The maximum absolute atomic E-state index is 6.15. The van der Waals surface area contributed by atoms with E-state index in [1.807, 2.05) is 0 Å². The molecule has 0 saturated heterocycles. The molecule has 14 heavy (non-hydrogen) atoms. The molecule has 0 saturated carbocycles. The summed E-state index contributed by atoms with van der Waals surface area (Å²) in [4.78, 5) is 0. The Bertz CT molecular complexity index is 271. The number of unbranched alkanes of at least 4 members (excludes halogenated alkanes) is 1. The normalized spacial score (nSPS) is 13.6. The van der Waals surface area contributed by atoms with E-state index in [0.717, 1.165) is 0 Å². The van der Waals surface area contributed by atoms with E-state index < -0.39 is 21.1 Å². The zero-order valence-electron chi connectivity index (χ0n) is 9.09. The summed E-state index contributed by atoms with van der Waals surface area (Å²) in [7, 11) is 0. The van der Waals surface area contributed by atoms with E-state index in [0.29, 0.717) is 0 Å². The molecule has 78 valence electrons. The summed E-state index contributed by atoms with van der Waals surface area (Å²) in [5.74, 6) is 0. The van der Waals surface area contributed by atoms with Crippen LogP contribution in [0, 0.1) is 0 Å². The molecule has 0 heterocycles. The predicted molar refractivity (Wildman–Crippen MR) is 68.6 cm³/mol. The van der Waals surface area contributed by atoms with Gasteiger partial charge in [-0.15, -0.1) is 0 Å². The van der Waals surface area contributed by atoms with Crippen molar-refractivity contribution in [1.82, 2.24) is 0 Å². The summed E-state index contributed by atoms with van der Waals surface area (Å²) >= 11 is 5.44. The van der Waals surface area contributed by atoms with Gasteiger partial charge in [-0.05, 0) is 0 Å². The standard InChI is InChI=1S/C8H8Cl.C4H9.Sn.2H/c1-7(9)8-5-3-2-4-6-8;1-3-4-2;;;/h2-5,7H,1H3;1,3-4H2,2H3;;;. The number of hydrogen-bond donors (Lipinski definition) is 0. The van der Waals surface area contributed by atoms with E-state index in [9.17, 15) is 0 Å². The van der Waals surface area contributed by atoms with Gasteiger partial charge in [-0.1, -0.05) is 0 Å². The number of halogens is 1. The van der Waals surface area contributed by atoms with E-state index in [-0.39, 0.29) is 5.38 Å². The number of alkyl halides is 1. The van der Waals surface area contributed by atoms with Crippen LogP contribution in [0.1, 0.15) is 37.6 Å². The number of rotatable bonds is 5. The van der Waals surface area contributed by atoms with Gasteiger partial charge in [0.15, 0.2) is 0 Å². The SMILES string of the molecule is CCC[CH2][SnH2][c]1ccccc1C(C)Cl. The van der Waals surface area contributed by atoms with Crippen LogP contribution in [0.2, 0.25) is 4.44 Å². The Morgan fingerprint density at radius 2 is 2.07 bits per heavy atom. The fraction of sp³-hybridized carbons (Fsp3) is 0.500. The molecule has 0 nitrogen and oxygen atoms in total. The second-order valence-electron chi connectivity index (χ2n) is 3.77. The van der Waals surface area contributed by atoms with Gasteiger partial charge < -0.3 is 0 Å². The Hall–Kier alpha value is 0.309. The van der Waals surface area contributed by atoms with Crippen molar-refractivity contribution < 1.29 is 0 Å². The molecule has 1 rings (SSSR count). The third-order valence-corrected chi connectivity index (χ3v) is 8.58. The molecule has 0 fully saturated rings. The first-order valence-electron chi connectivity index (χ1n) is 5.47. The minimum atomic E-state index is -0.717. The Kier molecular flexibility index (Phi) is 5.95. The van der Waals surface area contributed by atoms with Crippen molar-refractivity contribution >= 4 is 36.3 Å². The fourth-order valence-corrected chi connectivity index (χ4v) is 8.42. The number of hydrogen-bond acceptors (Lipinski definition) is 0. The Morgan fingerprint density at radius 3 is 2.71 bits per heavy atom. The maximum atomic E-state index is 6.15. The van der Waals surface area contributed by atoms with Crippen molar-refractivity contribution in [2.24, 2.45) is 0 Å². The van der Waals surface area contributed by atoms with Gasteiger partial charge in [-0.2, -0.15) is 0 Å². The second-order valence-corrected chi connectivity index (χ2v) is 10.0. The van der Waals surface area contributed by atoms with Crippen LogP contribution in [0.4, 0.5) is 0 Å². The molecule has 0 bridgehead atoms. The van der Waals surface area contributed by atoms with Crippen molar-refractivity contribution in [2.75, 3.05) is 0 Å². The van der Waals surface area contributed by atoms with Gasteiger partial charge in [0.1, 0.15) is 0 Å². The van der Waals surface area contributed by atoms with Crippen LogP contribution in [0.25, 0.3) is 0 Å². The van der Waals surface area contributed by atoms with Crippen LogP contribution in [-0.4, -0.2) is 21.1 Å². The van der Waals surface area contributed by atoms with Crippen molar-refractivity contribution in [3.05, 3.63) is 29.8 Å². The first kappa shape index (κ1) is 12.4. The summed E-state index contributed by atoms with van der Waals surface area (Å²) in [6.07, 6.45) is 2.73. The molecule has 1 aromatic carbocycles. The van der Waals surface area contributed by atoms with Crippen molar-refractivity contribution in [3.63, 3.8) is 0 Å². The third kappa shape index (κ3) is 3.82. The Labute approximate surface area is 102 Å². The summed E-state index contributed by atoms with van der Waals surface area (Å²) in [6.45, 7) is 4.34. The van der Waals surface area contributed by atoms with Crippen LogP contribution >= 0.6 is 11.6 Å². The summed E-state index contributed by atoms with van der Waals surface area (Å²) < 4.78 is 3.11. The van der Waals surface area contributed by atoms with Crippen LogP contribution in [0.3, 0.4) is 0 Å². The van der Waals surface area contributed by atoms with Gasteiger partial charge >= 0.3 is 103 Å². The van der Waals surface area contributed by atoms with Crippen LogP contribution < -0.4 is 3.58 Å². The van der Waals surface area contributed by atoms with E-state index >= 15 is 0 Å². The molecule has 0 N–H and O–H groups in total. The monoisotopic (exact) mass is 318 g/mol. The van der Waals surface area contributed by atoms with Gasteiger partial charge in [0, 0.05) is 0 Å². The van der Waals surface area contributed by atoms with Gasteiger partial charge in [-0.25, -0.2) is 0 Å². The molecule has 0 aliphatic rings. The van der Waals surface area contributed by atoms with Gasteiger partial charge in [0.05, 0.1) is 0 Å². The van der Waals surface area contributed by atoms with Crippen LogP contribution in [-0.2, 0) is 0 Å². The molecule has 0 radical (unpaired) electrons. The predicted octanol–water partition coefficient (Wildman–Crippen LogP) is 3.00. The Balaban J connectivity index is 2.64. The third-order valence-electron chi connectivity index (χ3n) is 2.53. The molecule has 0 spiro atoms. The zero-order chi connectivity index (χ0) is 10.4. The molecule has 0 amide bonds. The summed E-state index contributed by atoms with van der Waals surface area (Å²) in [6, 6.07) is 8.74. The molecular weight excluding hydrogens is 298 g/mol. The van der Waals surface area contributed by atoms with E-state index in [2.05, 4.69) is 38.1 Å². The van der Waals surface area contributed by atoms with Crippen molar-refractivity contribution in [3.8, 4) is 0 Å². The zero-order valence-corrected chi connectivity index (χ0v) is 13.9. The van der Waals surface area contributed by atoms with E-state index in [4.69, 9.17) is 11.6 Å². The van der Waals surface area contributed by atoms with Crippen molar-refractivity contribution in [2.45, 2.75) is 36.5 Å². The quantitative estimate of drug-likeness (QED) is 0.445. The van der Waals surface area contributed by atoms with Gasteiger partial charge in [-0.3, -0.25) is 0 Å². The van der Waals surface area contributed by atoms with Gasteiger partial charge in [0.2, 0.25) is 0 Å². The molecule has 0 aliphatic heterocycles. The molecular formula is C12H19ClSn. The average Bonchev–Trinajstić information content (AvgIpc) is 2.19. The molecule has 1 aromatic rings. The fourth-order valence-electron chi connectivity index (χ4n) is 1.72. The minimum absolute atomic E-state index is 0.185. The average molecular weight is 317 g/mol.